The van der Waals surface area contributed by atoms with Crippen molar-refractivity contribution < 1.29 is 4.74 Å². The lowest BCUT2D eigenvalue weighted by Crippen LogP contribution is -2.27. The summed E-state index contributed by atoms with van der Waals surface area (Å²) in [6.07, 6.45) is 9.60. The second kappa shape index (κ2) is 8.21. The average Bonchev–Trinajstić information content (AvgIpc) is 2.56. The Balaban J connectivity index is 1.36. The molecule has 1 aromatic carbocycles. The number of hydrogen-bond donors (Lipinski definition) is 1. The van der Waals surface area contributed by atoms with Crippen molar-refractivity contribution in [1.82, 2.24) is 5.32 Å². The van der Waals surface area contributed by atoms with Gasteiger partial charge in [0, 0.05) is 17.5 Å². The topological polar surface area (TPSA) is 21.3 Å². The first-order valence-corrected chi connectivity index (χ1v) is 9.49. The molecule has 0 radical (unpaired) electrons. The summed E-state index contributed by atoms with van der Waals surface area (Å²) in [4.78, 5) is 1.46. The van der Waals surface area contributed by atoms with Crippen LogP contribution in [0.3, 0.4) is 0 Å². The van der Waals surface area contributed by atoms with Gasteiger partial charge in [0.25, 0.3) is 0 Å². The lowest BCUT2D eigenvalue weighted by molar-refractivity contribution is 0.0270. The summed E-state index contributed by atoms with van der Waals surface area (Å²) in [5.41, 5.74) is 1.49. The third kappa shape index (κ3) is 4.48. The molecular weight excluding hydrogens is 278 g/mol. The fourth-order valence-corrected chi connectivity index (χ4v) is 4.51. The number of nitrogens with one attached hydrogen (secondary N) is 1. The highest BCUT2D eigenvalue weighted by Gasteiger charge is 2.19. The molecule has 1 N–H and O–H groups in total. The Morgan fingerprint density at radius 3 is 2.86 bits per heavy atom. The lowest BCUT2D eigenvalue weighted by Gasteiger charge is -2.26. The summed E-state index contributed by atoms with van der Waals surface area (Å²) in [5, 5.41) is 3.72. The molecule has 1 saturated carbocycles. The maximum atomic E-state index is 6.00. The second-order valence-electron chi connectivity index (χ2n) is 6.17. The fraction of sp³-hybridized carbons (Fsp3) is 0.667. The molecule has 1 aromatic rings. The van der Waals surface area contributed by atoms with Gasteiger partial charge in [0.15, 0.2) is 0 Å². The minimum atomic E-state index is 0.539. The van der Waals surface area contributed by atoms with Gasteiger partial charge >= 0.3 is 0 Å². The number of ether oxygens (including phenoxy) is 1. The summed E-state index contributed by atoms with van der Waals surface area (Å²) in [6, 6.07) is 9.37. The largest absolute Gasteiger partial charge is 0.378 e. The fourth-order valence-electron chi connectivity index (χ4n) is 3.38. The highest BCUT2D eigenvalue weighted by molar-refractivity contribution is 7.99. The molecule has 1 atom stereocenters. The third-order valence-corrected chi connectivity index (χ3v) is 5.70. The molecule has 1 fully saturated rings. The van der Waals surface area contributed by atoms with Gasteiger partial charge in [0.2, 0.25) is 0 Å². The smallest absolute Gasteiger partial charge is 0.0575 e. The Morgan fingerprint density at radius 2 is 1.95 bits per heavy atom. The monoisotopic (exact) mass is 305 g/mol. The van der Waals surface area contributed by atoms with Crippen LogP contribution in [0.15, 0.2) is 29.2 Å². The Hall–Kier alpha value is -0.510. The molecule has 1 heterocycles. The van der Waals surface area contributed by atoms with Crippen LogP contribution in [0.5, 0.6) is 0 Å². The van der Waals surface area contributed by atoms with Crippen molar-refractivity contribution in [1.29, 1.82) is 0 Å². The van der Waals surface area contributed by atoms with Gasteiger partial charge in [0.1, 0.15) is 0 Å². The van der Waals surface area contributed by atoms with E-state index >= 15 is 0 Å². The number of hydrogen-bond acceptors (Lipinski definition) is 3. The molecule has 3 rings (SSSR count). The highest BCUT2D eigenvalue weighted by Crippen LogP contribution is 2.35. The molecule has 0 bridgehead atoms. The molecule has 116 valence electrons. The minimum absolute atomic E-state index is 0.539. The molecule has 1 aliphatic heterocycles. The van der Waals surface area contributed by atoms with Crippen molar-refractivity contribution in [2.24, 2.45) is 0 Å². The Labute approximate surface area is 133 Å². The van der Waals surface area contributed by atoms with E-state index in [1.165, 1.54) is 54.7 Å². The summed E-state index contributed by atoms with van der Waals surface area (Å²) < 4.78 is 6.00. The van der Waals surface area contributed by atoms with E-state index in [2.05, 4.69) is 29.6 Å². The predicted molar refractivity (Wildman–Crippen MR) is 90.0 cm³/mol. The maximum Gasteiger partial charge on any atom is 0.0575 e. The van der Waals surface area contributed by atoms with Crippen molar-refractivity contribution >= 4 is 11.8 Å². The highest BCUT2D eigenvalue weighted by atomic mass is 32.2. The van der Waals surface area contributed by atoms with E-state index in [9.17, 15) is 0 Å². The third-order valence-electron chi connectivity index (χ3n) is 4.58. The summed E-state index contributed by atoms with van der Waals surface area (Å²) in [7, 11) is 0. The number of thioether (sulfide) groups is 1. The molecule has 21 heavy (non-hydrogen) atoms. The van der Waals surface area contributed by atoms with Gasteiger partial charge in [-0.15, -0.1) is 11.8 Å². The van der Waals surface area contributed by atoms with Crippen molar-refractivity contribution in [2.45, 2.75) is 62.0 Å². The quantitative estimate of drug-likeness (QED) is 0.779. The van der Waals surface area contributed by atoms with E-state index in [-0.39, 0.29) is 0 Å². The van der Waals surface area contributed by atoms with E-state index in [0.29, 0.717) is 12.1 Å². The van der Waals surface area contributed by atoms with E-state index in [0.717, 1.165) is 19.6 Å². The van der Waals surface area contributed by atoms with Gasteiger partial charge in [-0.25, -0.2) is 0 Å². The van der Waals surface area contributed by atoms with Crippen molar-refractivity contribution in [3.63, 3.8) is 0 Å². The van der Waals surface area contributed by atoms with Crippen LogP contribution in [0.4, 0.5) is 0 Å². The van der Waals surface area contributed by atoms with Crippen LogP contribution in [0.2, 0.25) is 0 Å². The van der Waals surface area contributed by atoms with Crippen molar-refractivity contribution in [3.8, 4) is 0 Å². The van der Waals surface area contributed by atoms with E-state index in [1.807, 2.05) is 11.8 Å². The van der Waals surface area contributed by atoms with Gasteiger partial charge in [-0.1, -0.05) is 37.5 Å². The second-order valence-corrected chi connectivity index (χ2v) is 7.30. The van der Waals surface area contributed by atoms with Crippen LogP contribution in [-0.2, 0) is 4.74 Å². The number of benzene rings is 1. The molecule has 0 saturated heterocycles. The van der Waals surface area contributed by atoms with E-state index in [1.54, 1.807) is 0 Å². The van der Waals surface area contributed by atoms with E-state index in [4.69, 9.17) is 4.74 Å². The summed E-state index contributed by atoms with van der Waals surface area (Å²) in [5.74, 6) is 1.23. The van der Waals surface area contributed by atoms with Crippen molar-refractivity contribution in [2.75, 3.05) is 18.9 Å². The molecule has 1 aliphatic carbocycles. The Morgan fingerprint density at radius 1 is 1.10 bits per heavy atom. The molecule has 1 unspecified atom stereocenters. The van der Waals surface area contributed by atoms with Crippen LogP contribution < -0.4 is 5.32 Å². The first-order chi connectivity index (χ1) is 10.4. The molecule has 2 aliphatic rings. The van der Waals surface area contributed by atoms with Gasteiger partial charge in [0.05, 0.1) is 6.10 Å². The molecular formula is C18H27NOS. The average molecular weight is 305 g/mol. The maximum absolute atomic E-state index is 6.00. The Kier molecular flexibility index (Phi) is 6.02. The minimum Gasteiger partial charge on any atom is -0.378 e. The first-order valence-electron chi connectivity index (χ1n) is 8.50. The van der Waals surface area contributed by atoms with E-state index < -0.39 is 0 Å². The molecule has 2 nitrogen and oxygen atoms in total. The zero-order chi connectivity index (χ0) is 14.3. The summed E-state index contributed by atoms with van der Waals surface area (Å²) in [6.45, 7) is 1.98. The molecule has 0 aromatic heterocycles. The van der Waals surface area contributed by atoms with Gasteiger partial charge < -0.3 is 10.1 Å². The van der Waals surface area contributed by atoms with Crippen LogP contribution in [0.25, 0.3) is 0 Å². The zero-order valence-electron chi connectivity index (χ0n) is 12.9. The van der Waals surface area contributed by atoms with Crippen molar-refractivity contribution in [3.05, 3.63) is 29.8 Å². The SMILES string of the molecule is c1ccc2c(c1)SCCC2NCCCOC1CCCCC1. The van der Waals surface area contributed by atoms with Gasteiger partial charge in [-0.2, -0.15) is 0 Å². The number of rotatable bonds is 6. The molecule has 0 spiro atoms. The van der Waals surface area contributed by atoms with Crippen LogP contribution >= 0.6 is 11.8 Å². The van der Waals surface area contributed by atoms with Crippen LogP contribution in [0, 0.1) is 0 Å². The molecule has 3 heteroatoms. The zero-order valence-corrected chi connectivity index (χ0v) is 13.7. The standard InChI is InChI=1S/C18H27NOS/c1-2-7-15(8-3-1)20-13-6-12-19-17-11-14-21-18-10-5-4-9-16(17)18/h4-5,9-10,15,17,19H,1-3,6-8,11-14H2. The van der Waals surface area contributed by atoms with Gasteiger partial charge in [-0.05, 0) is 49.6 Å². The molecule has 0 amide bonds. The number of fused-ring (bicyclic) bond motifs is 1. The summed E-state index contributed by atoms with van der Waals surface area (Å²) >= 11 is 1.99. The lowest BCUT2D eigenvalue weighted by atomic mass is 9.98. The van der Waals surface area contributed by atoms with Crippen LogP contribution in [0.1, 0.15) is 56.6 Å². The van der Waals surface area contributed by atoms with Gasteiger partial charge in [-0.3, -0.25) is 0 Å². The predicted octanol–water partition coefficient (Wildman–Crippen LogP) is 4.55. The normalized spacial score (nSPS) is 23.0. The first kappa shape index (κ1) is 15.4. The van der Waals surface area contributed by atoms with Crippen LogP contribution in [-0.4, -0.2) is 25.0 Å². The Bertz CT molecular complexity index is 431.